The Balaban J connectivity index is 2.86. The largest absolute Gasteiger partial charge is 0.184 e. The van der Waals surface area contributed by atoms with Crippen molar-refractivity contribution in [2.45, 2.75) is 33.4 Å². The van der Waals surface area contributed by atoms with Gasteiger partial charge >= 0.3 is 0 Å². The Kier molecular flexibility index (Phi) is 3.43. The topological polar surface area (TPSA) is 0 Å². The van der Waals surface area contributed by atoms with E-state index < -0.39 is 7.38 Å². The predicted molar refractivity (Wildman–Crippen MR) is 67.8 cm³/mol. The van der Waals surface area contributed by atoms with Crippen LogP contribution in [0.4, 0.5) is 0 Å². The van der Waals surface area contributed by atoms with E-state index in [1.165, 1.54) is 5.19 Å². The summed E-state index contributed by atoms with van der Waals surface area (Å²) in [5, 5.41) is 1.34. The maximum atomic E-state index is 6.69. The fraction of sp³-hybridized carbons (Fsp3) is 0.500. The summed E-state index contributed by atoms with van der Waals surface area (Å²) in [6, 6.07) is 11.6. The molecule has 2 heteroatoms. The molecule has 0 spiro atoms. The van der Waals surface area contributed by atoms with Crippen LogP contribution in [0.3, 0.4) is 0 Å². The third kappa shape index (κ3) is 3.47. The van der Waals surface area contributed by atoms with Crippen LogP contribution in [0.15, 0.2) is 30.3 Å². The van der Waals surface area contributed by atoms with Crippen molar-refractivity contribution < 1.29 is 0 Å². The first-order chi connectivity index (χ1) is 6.31. The molecule has 0 bridgehead atoms. The number of rotatable bonds is 2. The molecule has 0 saturated carbocycles. The number of hydrogen-bond donors (Lipinski definition) is 0. The van der Waals surface area contributed by atoms with E-state index in [1.54, 1.807) is 0 Å². The van der Waals surface area contributed by atoms with E-state index in [0.29, 0.717) is 5.41 Å². The smallest absolute Gasteiger partial charge is 0.161 e. The highest BCUT2D eigenvalue weighted by Gasteiger charge is 2.32. The highest BCUT2D eigenvalue weighted by Crippen LogP contribution is 2.29. The lowest BCUT2D eigenvalue weighted by Crippen LogP contribution is -2.41. The fourth-order valence-corrected chi connectivity index (χ4v) is 6.55. The van der Waals surface area contributed by atoms with Gasteiger partial charge in [0.1, 0.15) is 0 Å². The molecule has 0 nitrogen and oxygen atoms in total. The van der Waals surface area contributed by atoms with E-state index in [4.69, 9.17) is 11.1 Å². The molecule has 0 fully saturated rings. The van der Waals surface area contributed by atoms with Gasteiger partial charge in [-0.05, 0) is 16.6 Å². The summed E-state index contributed by atoms with van der Waals surface area (Å²) in [7, 11) is -1.74. The molecule has 1 unspecified atom stereocenters. The average Bonchev–Trinajstić information content (AvgIpc) is 2.01. The third-order valence-electron chi connectivity index (χ3n) is 2.24. The van der Waals surface area contributed by atoms with Crippen LogP contribution < -0.4 is 5.19 Å². The quantitative estimate of drug-likeness (QED) is 0.532. The minimum atomic E-state index is -1.74. The summed E-state index contributed by atoms with van der Waals surface area (Å²) in [6.45, 7) is 8.99. The summed E-state index contributed by atoms with van der Waals surface area (Å²) in [5.41, 5.74) is 0.318. The van der Waals surface area contributed by atoms with E-state index in [0.717, 1.165) is 6.04 Å². The van der Waals surface area contributed by atoms with Crippen LogP contribution in [-0.2, 0) is 0 Å². The highest BCUT2D eigenvalue weighted by molar-refractivity contribution is 7.26. The first kappa shape index (κ1) is 11.8. The van der Waals surface area contributed by atoms with E-state index in [1.807, 2.05) is 6.07 Å². The Morgan fingerprint density at radius 1 is 1.14 bits per heavy atom. The van der Waals surface area contributed by atoms with Crippen LogP contribution in [0.5, 0.6) is 0 Å². The second kappa shape index (κ2) is 4.07. The molecule has 0 aliphatic carbocycles. The summed E-state index contributed by atoms with van der Waals surface area (Å²) in [4.78, 5) is 0. The third-order valence-corrected chi connectivity index (χ3v) is 6.56. The molecule has 14 heavy (non-hydrogen) atoms. The van der Waals surface area contributed by atoms with Crippen molar-refractivity contribution in [2.75, 3.05) is 0 Å². The van der Waals surface area contributed by atoms with Crippen molar-refractivity contribution in [2.24, 2.45) is 5.41 Å². The lowest BCUT2D eigenvalue weighted by Gasteiger charge is -2.28. The standard InChI is InChI=1S/C12H19ClSi/c1-12(2,3)10-14(4,13)11-8-6-5-7-9-11/h5-9H,10H2,1-4H3. The zero-order chi connectivity index (χ0) is 10.8. The molecule has 78 valence electrons. The molecule has 0 N–H and O–H groups in total. The Labute approximate surface area is 93.0 Å². The van der Waals surface area contributed by atoms with Crippen molar-refractivity contribution in [3.8, 4) is 0 Å². The van der Waals surface area contributed by atoms with Crippen molar-refractivity contribution in [3.63, 3.8) is 0 Å². The van der Waals surface area contributed by atoms with Gasteiger partial charge in [-0.3, -0.25) is 0 Å². The average molecular weight is 227 g/mol. The lowest BCUT2D eigenvalue weighted by molar-refractivity contribution is 0.464. The Hall–Kier alpha value is -0.273. The van der Waals surface area contributed by atoms with Crippen LogP contribution >= 0.6 is 11.1 Å². The number of halogens is 1. The second-order valence-electron chi connectivity index (χ2n) is 5.30. The normalized spacial score (nSPS) is 16.4. The van der Waals surface area contributed by atoms with Gasteiger partial charge in [0.15, 0.2) is 7.38 Å². The van der Waals surface area contributed by atoms with Gasteiger partial charge in [-0.2, -0.15) is 11.1 Å². The van der Waals surface area contributed by atoms with Crippen molar-refractivity contribution in [3.05, 3.63) is 30.3 Å². The molecular weight excluding hydrogens is 208 g/mol. The van der Waals surface area contributed by atoms with Gasteiger partial charge in [0.05, 0.1) is 0 Å². The van der Waals surface area contributed by atoms with Crippen LogP contribution in [0.25, 0.3) is 0 Å². The molecule has 1 atom stereocenters. The van der Waals surface area contributed by atoms with Gasteiger partial charge in [0, 0.05) is 0 Å². The summed E-state index contributed by atoms with van der Waals surface area (Å²) in [5.74, 6) is 0. The molecular formula is C12H19ClSi. The Bertz CT molecular complexity index is 285. The zero-order valence-electron chi connectivity index (χ0n) is 9.47. The van der Waals surface area contributed by atoms with Gasteiger partial charge in [0.2, 0.25) is 0 Å². The molecule has 1 aromatic rings. The van der Waals surface area contributed by atoms with Gasteiger partial charge in [-0.15, -0.1) is 0 Å². The minimum Gasteiger partial charge on any atom is -0.161 e. The fourth-order valence-electron chi connectivity index (χ4n) is 1.88. The Morgan fingerprint density at radius 2 is 1.64 bits per heavy atom. The zero-order valence-corrected chi connectivity index (χ0v) is 11.2. The Morgan fingerprint density at radius 3 is 2.07 bits per heavy atom. The predicted octanol–water partition coefficient (Wildman–Crippen LogP) is 3.75. The molecule has 0 radical (unpaired) electrons. The van der Waals surface area contributed by atoms with Crippen molar-refractivity contribution in [1.82, 2.24) is 0 Å². The molecule has 1 aromatic carbocycles. The highest BCUT2D eigenvalue weighted by atomic mass is 35.6. The summed E-state index contributed by atoms with van der Waals surface area (Å²) >= 11 is 6.69. The van der Waals surface area contributed by atoms with E-state index >= 15 is 0 Å². The summed E-state index contributed by atoms with van der Waals surface area (Å²) in [6.07, 6.45) is 0. The van der Waals surface area contributed by atoms with E-state index in [2.05, 4.69) is 51.6 Å². The number of hydrogen-bond acceptors (Lipinski definition) is 0. The van der Waals surface area contributed by atoms with Crippen LogP contribution in [0, 0.1) is 5.41 Å². The SMILES string of the molecule is CC(C)(C)C[Si](C)(Cl)c1ccccc1. The van der Waals surface area contributed by atoms with Crippen molar-refractivity contribution >= 4 is 23.6 Å². The first-order valence-electron chi connectivity index (χ1n) is 5.06. The molecule has 0 heterocycles. The lowest BCUT2D eigenvalue weighted by atomic mass is 10.0. The van der Waals surface area contributed by atoms with Crippen LogP contribution in [0.2, 0.25) is 12.6 Å². The molecule has 1 rings (SSSR count). The van der Waals surface area contributed by atoms with Gasteiger partial charge in [-0.25, -0.2) is 0 Å². The van der Waals surface area contributed by atoms with Crippen LogP contribution in [0.1, 0.15) is 20.8 Å². The molecule has 0 aromatic heterocycles. The van der Waals surface area contributed by atoms with Crippen LogP contribution in [-0.4, -0.2) is 7.38 Å². The summed E-state index contributed by atoms with van der Waals surface area (Å²) < 4.78 is 0. The van der Waals surface area contributed by atoms with E-state index in [-0.39, 0.29) is 0 Å². The maximum Gasteiger partial charge on any atom is 0.184 e. The monoisotopic (exact) mass is 226 g/mol. The molecule has 0 aliphatic heterocycles. The van der Waals surface area contributed by atoms with Gasteiger partial charge in [-0.1, -0.05) is 57.7 Å². The maximum absolute atomic E-state index is 6.69. The molecule has 0 amide bonds. The number of benzene rings is 1. The van der Waals surface area contributed by atoms with Gasteiger partial charge in [0.25, 0.3) is 0 Å². The van der Waals surface area contributed by atoms with Gasteiger partial charge < -0.3 is 0 Å². The van der Waals surface area contributed by atoms with E-state index in [9.17, 15) is 0 Å². The van der Waals surface area contributed by atoms with Crippen molar-refractivity contribution in [1.29, 1.82) is 0 Å². The molecule has 0 saturated heterocycles. The molecule has 0 aliphatic rings. The first-order valence-corrected chi connectivity index (χ1v) is 8.78. The second-order valence-corrected chi connectivity index (χ2v) is 11.1. The minimum absolute atomic E-state index is 0.318.